The molecular formula is C15H22NO2. The highest BCUT2D eigenvalue weighted by Crippen LogP contribution is 2.14. The minimum absolute atomic E-state index is 0.298. The van der Waals surface area contributed by atoms with Crippen LogP contribution in [-0.2, 0) is 4.74 Å². The molecule has 1 rings (SSSR count). The highest BCUT2D eigenvalue weighted by Gasteiger charge is 2.21. The standard InChI is InChI=1S/C15H22NO2/c1-5-11-16(14(17)18-15(2,3)4)12-13-9-7-6-8-10-13/h6-10,12H,5,11H2,1-4H3. The SMILES string of the molecule is CCCN([CH]c1ccccc1)C(=O)OC(C)(C)C. The molecule has 0 aromatic heterocycles. The maximum absolute atomic E-state index is 12.0. The molecule has 3 nitrogen and oxygen atoms in total. The zero-order valence-corrected chi connectivity index (χ0v) is 11.6. The van der Waals surface area contributed by atoms with E-state index in [0.29, 0.717) is 6.54 Å². The summed E-state index contributed by atoms with van der Waals surface area (Å²) in [5.41, 5.74) is 0.532. The van der Waals surface area contributed by atoms with Gasteiger partial charge in [-0.05, 0) is 32.8 Å². The first-order chi connectivity index (χ1) is 8.42. The Morgan fingerprint density at radius 2 is 1.89 bits per heavy atom. The van der Waals surface area contributed by atoms with E-state index in [0.717, 1.165) is 12.0 Å². The summed E-state index contributed by atoms with van der Waals surface area (Å²) in [7, 11) is 0. The van der Waals surface area contributed by atoms with Crippen LogP contribution in [0.25, 0.3) is 0 Å². The van der Waals surface area contributed by atoms with Gasteiger partial charge < -0.3 is 4.74 Å². The summed E-state index contributed by atoms with van der Waals surface area (Å²) in [4.78, 5) is 13.7. The molecule has 0 heterocycles. The third kappa shape index (κ3) is 5.21. The van der Waals surface area contributed by atoms with Crippen molar-refractivity contribution in [2.24, 2.45) is 0 Å². The van der Waals surface area contributed by atoms with Gasteiger partial charge in [-0.3, -0.25) is 4.90 Å². The first-order valence-electron chi connectivity index (χ1n) is 6.32. The van der Waals surface area contributed by atoms with Gasteiger partial charge in [-0.2, -0.15) is 0 Å². The van der Waals surface area contributed by atoms with Crippen LogP contribution in [0.5, 0.6) is 0 Å². The summed E-state index contributed by atoms with van der Waals surface area (Å²) in [6.45, 7) is 10.1. The number of hydrogen-bond acceptors (Lipinski definition) is 2. The molecule has 0 saturated heterocycles. The molecule has 0 aliphatic carbocycles. The first kappa shape index (κ1) is 14.6. The fourth-order valence-electron chi connectivity index (χ4n) is 1.49. The van der Waals surface area contributed by atoms with Gasteiger partial charge in [-0.15, -0.1) is 0 Å². The predicted octanol–water partition coefficient (Wildman–Crippen LogP) is 3.84. The number of carbonyl (C=O) groups is 1. The van der Waals surface area contributed by atoms with Gasteiger partial charge in [0.2, 0.25) is 0 Å². The summed E-state index contributed by atoms with van der Waals surface area (Å²) < 4.78 is 5.38. The molecular weight excluding hydrogens is 226 g/mol. The smallest absolute Gasteiger partial charge is 0.410 e. The van der Waals surface area contributed by atoms with Crippen molar-refractivity contribution in [2.75, 3.05) is 6.54 Å². The number of ether oxygens (including phenoxy) is 1. The van der Waals surface area contributed by atoms with Crippen LogP contribution in [0.2, 0.25) is 0 Å². The molecule has 1 aromatic rings. The molecule has 0 spiro atoms. The van der Waals surface area contributed by atoms with Crippen LogP contribution < -0.4 is 0 Å². The van der Waals surface area contributed by atoms with Crippen molar-refractivity contribution < 1.29 is 9.53 Å². The van der Waals surface area contributed by atoms with Crippen LogP contribution in [0.15, 0.2) is 30.3 Å². The Morgan fingerprint density at radius 1 is 1.28 bits per heavy atom. The van der Waals surface area contributed by atoms with E-state index in [1.807, 2.05) is 64.6 Å². The van der Waals surface area contributed by atoms with Crippen molar-refractivity contribution in [3.63, 3.8) is 0 Å². The Balaban J connectivity index is 2.68. The fourth-order valence-corrected chi connectivity index (χ4v) is 1.49. The average molecular weight is 248 g/mol. The molecule has 0 unspecified atom stereocenters. The zero-order chi connectivity index (χ0) is 13.6. The molecule has 0 N–H and O–H groups in total. The normalized spacial score (nSPS) is 11.1. The van der Waals surface area contributed by atoms with Gasteiger partial charge in [0.25, 0.3) is 0 Å². The second-order valence-corrected chi connectivity index (χ2v) is 5.21. The fraction of sp³-hybridized carbons (Fsp3) is 0.467. The van der Waals surface area contributed by atoms with E-state index in [4.69, 9.17) is 4.74 Å². The van der Waals surface area contributed by atoms with Crippen LogP contribution in [0.3, 0.4) is 0 Å². The highest BCUT2D eigenvalue weighted by atomic mass is 16.6. The summed E-state index contributed by atoms with van der Waals surface area (Å²) in [6.07, 6.45) is 0.593. The van der Waals surface area contributed by atoms with Crippen LogP contribution in [0.1, 0.15) is 39.7 Å². The zero-order valence-electron chi connectivity index (χ0n) is 11.6. The van der Waals surface area contributed by atoms with Crippen LogP contribution in [0.4, 0.5) is 4.79 Å². The molecule has 1 amide bonds. The van der Waals surface area contributed by atoms with Crippen molar-refractivity contribution in [1.29, 1.82) is 0 Å². The van der Waals surface area contributed by atoms with E-state index in [2.05, 4.69) is 0 Å². The molecule has 0 atom stereocenters. The predicted molar refractivity (Wildman–Crippen MR) is 73.1 cm³/mol. The monoisotopic (exact) mass is 248 g/mol. The molecule has 1 radical (unpaired) electrons. The van der Waals surface area contributed by atoms with E-state index in [-0.39, 0.29) is 6.09 Å². The van der Waals surface area contributed by atoms with Crippen molar-refractivity contribution >= 4 is 6.09 Å². The summed E-state index contributed by atoms with van der Waals surface area (Å²) in [5, 5.41) is 0. The lowest BCUT2D eigenvalue weighted by Gasteiger charge is -2.26. The lowest BCUT2D eigenvalue weighted by molar-refractivity contribution is 0.0311. The molecule has 18 heavy (non-hydrogen) atoms. The number of nitrogens with zero attached hydrogens (tertiary/aromatic N) is 1. The van der Waals surface area contributed by atoms with Gasteiger partial charge in [0.05, 0.1) is 6.54 Å². The third-order valence-electron chi connectivity index (χ3n) is 2.20. The summed E-state index contributed by atoms with van der Waals surface area (Å²) in [6, 6.07) is 9.78. The van der Waals surface area contributed by atoms with E-state index in [1.165, 1.54) is 0 Å². The Morgan fingerprint density at radius 3 is 2.39 bits per heavy atom. The summed E-state index contributed by atoms with van der Waals surface area (Å²) >= 11 is 0. The van der Waals surface area contributed by atoms with Gasteiger partial charge >= 0.3 is 6.09 Å². The molecule has 1 aromatic carbocycles. The van der Waals surface area contributed by atoms with Crippen LogP contribution >= 0.6 is 0 Å². The van der Waals surface area contributed by atoms with Gasteiger partial charge in [0.15, 0.2) is 0 Å². The number of rotatable bonds is 4. The Hall–Kier alpha value is -1.51. The third-order valence-corrected chi connectivity index (χ3v) is 2.20. The number of amides is 1. The topological polar surface area (TPSA) is 29.5 Å². The van der Waals surface area contributed by atoms with Gasteiger partial charge in [0.1, 0.15) is 5.60 Å². The van der Waals surface area contributed by atoms with Crippen LogP contribution in [-0.4, -0.2) is 23.1 Å². The Labute approximate surface area is 110 Å². The van der Waals surface area contributed by atoms with Crippen molar-refractivity contribution in [3.05, 3.63) is 42.4 Å². The van der Waals surface area contributed by atoms with Crippen molar-refractivity contribution in [1.82, 2.24) is 4.90 Å². The van der Waals surface area contributed by atoms with Gasteiger partial charge in [-0.25, -0.2) is 4.79 Å². The molecule has 0 fully saturated rings. The van der Waals surface area contributed by atoms with Crippen molar-refractivity contribution in [3.8, 4) is 0 Å². The molecule has 0 bridgehead atoms. The Bertz CT molecular complexity index is 368. The second kappa shape index (κ2) is 6.43. The number of hydrogen-bond donors (Lipinski definition) is 0. The van der Waals surface area contributed by atoms with E-state index in [9.17, 15) is 4.79 Å². The lowest BCUT2D eigenvalue weighted by Crippen LogP contribution is -2.35. The van der Waals surface area contributed by atoms with Crippen molar-refractivity contribution in [2.45, 2.75) is 39.7 Å². The average Bonchev–Trinajstić information content (AvgIpc) is 2.27. The van der Waals surface area contributed by atoms with Gasteiger partial charge in [-0.1, -0.05) is 37.3 Å². The van der Waals surface area contributed by atoms with Gasteiger partial charge in [0, 0.05) is 6.54 Å². The summed E-state index contributed by atoms with van der Waals surface area (Å²) in [5.74, 6) is 0. The van der Waals surface area contributed by atoms with E-state index in [1.54, 1.807) is 4.90 Å². The molecule has 0 aliphatic heterocycles. The maximum Gasteiger partial charge on any atom is 0.410 e. The minimum Gasteiger partial charge on any atom is -0.444 e. The Kier molecular flexibility index (Phi) is 5.20. The van der Waals surface area contributed by atoms with Crippen LogP contribution in [0, 0.1) is 6.54 Å². The number of benzene rings is 1. The molecule has 0 aliphatic rings. The largest absolute Gasteiger partial charge is 0.444 e. The lowest BCUT2D eigenvalue weighted by atomic mass is 10.2. The second-order valence-electron chi connectivity index (χ2n) is 5.21. The molecule has 99 valence electrons. The number of carbonyl (C=O) groups excluding carboxylic acids is 1. The first-order valence-corrected chi connectivity index (χ1v) is 6.32. The maximum atomic E-state index is 12.0. The minimum atomic E-state index is -0.465. The van der Waals surface area contributed by atoms with E-state index < -0.39 is 5.60 Å². The molecule has 0 saturated carbocycles. The molecule has 3 heteroatoms. The quantitative estimate of drug-likeness (QED) is 0.810. The highest BCUT2D eigenvalue weighted by molar-refractivity contribution is 5.69. The van der Waals surface area contributed by atoms with E-state index >= 15 is 0 Å².